The van der Waals surface area contributed by atoms with Gasteiger partial charge in [-0.2, -0.15) is 0 Å². The van der Waals surface area contributed by atoms with Crippen LogP contribution in [0, 0.1) is 5.82 Å². The Morgan fingerprint density at radius 2 is 2.16 bits per heavy atom. The molecule has 1 aliphatic rings. The molecule has 0 radical (unpaired) electrons. The number of hydrogen-bond acceptors (Lipinski definition) is 4. The zero-order valence-electron chi connectivity index (χ0n) is 16.8. The summed E-state index contributed by atoms with van der Waals surface area (Å²) in [7, 11) is 1.98. The lowest BCUT2D eigenvalue weighted by atomic mass is 9.89. The Morgan fingerprint density at radius 3 is 2.97 bits per heavy atom. The zero-order valence-corrected chi connectivity index (χ0v) is 17.6. The fraction of sp³-hybridized carbons (Fsp3) is 0.261. The molecule has 8 heteroatoms. The molecule has 31 heavy (non-hydrogen) atoms. The lowest BCUT2D eigenvalue weighted by Gasteiger charge is -2.32. The Morgan fingerprint density at radius 1 is 1.32 bits per heavy atom. The van der Waals surface area contributed by atoms with Crippen LogP contribution in [0.4, 0.5) is 10.2 Å². The minimum atomic E-state index is -0.840. The van der Waals surface area contributed by atoms with E-state index in [1.165, 1.54) is 12.1 Å². The maximum absolute atomic E-state index is 13.4. The molecule has 158 valence electrons. The molecular weight excluding hydrogens is 419 g/mol. The summed E-state index contributed by atoms with van der Waals surface area (Å²) in [5.74, 6) is -0.455. The van der Waals surface area contributed by atoms with Gasteiger partial charge >= 0.3 is 5.97 Å². The van der Waals surface area contributed by atoms with Gasteiger partial charge in [0, 0.05) is 43.0 Å². The summed E-state index contributed by atoms with van der Waals surface area (Å²) < 4.78 is 15.5. The number of carboxylic acid groups (broad SMARTS) is 1. The minimum absolute atomic E-state index is 0.00627. The lowest BCUT2D eigenvalue weighted by Crippen LogP contribution is -2.37. The summed E-state index contributed by atoms with van der Waals surface area (Å²) in [6.45, 7) is 0. The van der Waals surface area contributed by atoms with Crippen LogP contribution in [0.2, 0.25) is 5.02 Å². The molecule has 6 nitrogen and oxygen atoms in total. The number of aliphatic carboxylic acids is 1. The number of carboxylic acids is 1. The second-order valence-electron chi connectivity index (χ2n) is 7.95. The van der Waals surface area contributed by atoms with E-state index in [0.717, 1.165) is 47.4 Å². The first-order chi connectivity index (χ1) is 14.9. The van der Waals surface area contributed by atoms with Gasteiger partial charge in [-0.3, -0.25) is 9.78 Å². The third-order valence-corrected chi connectivity index (χ3v) is 6.33. The van der Waals surface area contributed by atoms with Crippen molar-refractivity contribution in [1.82, 2.24) is 14.4 Å². The number of aromatic nitrogens is 3. The van der Waals surface area contributed by atoms with Crippen LogP contribution in [-0.4, -0.2) is 38.5 Å². The highest BCUT2D eigenvalue weighted by Crippen LogP contribution is 2.34. The number of anilines is 1. The van der Waals surface area contributed by atoms with Crippen molar-refractivity contribution in [2.45, 2.75) is 31.7 Å². The van der Waals surface area contributed by atoms with E-state index in [0.29, 0.717) is 16.1 Å². The number of likely N-dealkylation sites (N-methyl/N-ethyl adjacent to an activating group) is 1. The Kier molecular flexibility index (Phi) is 4.78. The first-order valence-electron chi connectivity index (χ1n) is 10.1. The summed E-state index contributed by atoms with van der Waals surface area (Å²) in [4.78, 5) is 22.6. The Hall–Kier alpha value is -3.19. The summed E-state index contributed by atoms with van der Waals surface area (Å²) >= 11 is 6.25. The molecule has 0 spiro atoms. The number of hydrogen-bond donors (Lipinski definition) is 1. The van der Waals surface area contributed by atoms with E-state index in [4.69, 9.17) is 11.6 Å². The molecule has 5 rings (SSSR count). The van der Waals surface area contributed by atoms with Gasteiger partial charge in [0.05, 0.1) is 28.7 Å². The highest BCUT2D eigenvalue weighted by molar-refractivity contribution is 6.30. The second-order valence-corrected chi connectivity index (χ2v) is 8.38. The number of pyridine rings is 1. The Balaban J connectivity index is 1.51. The number of carbonyl (C=O) groups is 1. The third kappa shape index (κ3) is 3.49. The van der Waals surface area contributed by atoms with Crippen molar-refractivity contribution < 1.29 is 14.3 Å². The van der Waals surface area contributed by atoms with Crippen LogP contribution in [0.3, 0.4) is 0 Å². The van der Waals surface area contributed by atoms with E-state index in [1.807, 2.05) is 23.7 Å². The van der Waals surface area contributed by atoms with Crippen molar-refractivity contribution in [1.29, 1.82) is 0 Å². The van der Waals surface area contributed by atoms with Crippen molar-refractivity contribution in [3.8, 4) is 0 Å². The first kappa shape index (κ1) is 19.8. The topological polar surface area (TPSA) is 70.7 Å². The standard InChI is InChI=1S/C23H20ClFN4O2/c1-28(22-11-26-19-8-14(25)3-6-18(19)27-22)15-4-5-16-17(10-23(30)31)20-7-2-13(24)12-29(20)21(16)9-15/h2-3,6-8,11-12,15H,4-5,9-10H2,1H3,(H,30,31). The highest BCUT2D eigenvalue weighted by Gasteiger charge is 2.29. The van der Waals surface area contributed by atoms with Gasteiger partial charge in [-0.25, -0.2) is 9.37 Å². The van der Waals surface area contributed by atoms with Gasteiger partial charge in [0.2, 0.25) is 0 Å². The quantitative estimate of drug-likeness (QED) is 0.514. The van der Waals surface area contributed by atoms with Gasteiger partial charge in [0.1, 0.15) is 11.6 Å². The van der Waals surface area contributed by atoms with Crippen LogP contribution in [0.15, 0.2) is 42.7 Å². The van der Waals surface area contributed by atoms with Crippen LogP contribution in [-0.2, 0) is 24.1 Å². The number of rotatable bonds is 4. The van der Waals surface area contributed by atoms with E-state index in [-0.39, 0.29) is 18.3 Å². The minimum Gasteiger partial charge on any atom is -0.481 e. The Bertz CT molecular complexity index is 1340. The molecule has 0 saturated heterocycles. The molecule has 1 atom stereocenters. The molecule has 0 fully saturated rings. The van der Waals surface area contributed by atoms with Crippen molar-refractivity contribution >= 4 is 39.9 Å². The predicted octanol–water partition coefficient (Wildman–Crippen LogP) is 4.30. The summed E-state index contributed by atoms with van der Waals surface area (Å²) in [6, 6.07) is 8.24. The fourth-order valence-corrected chi connectivity index (χ4v) is 4.74. The molecule has 1 aromatic carbocycles. The number of halogens is 2. The largest absolute Gasteiger partial charge is 0.481 e. The molecule has 3 heterocycles. The molecule has 0 saturated carbocycles. The average Bonchev–Trinajstić information content (AvgIpc) is 3.04. The molecule has 3 aromatic heterocycles. The molecular formula is C23H20ClFN4O2. The van der Waals surface area contributed by atoms with Crippen LogP contribution in [0.25, 0.3) is 16.6 Å². The highest BCUT2D eigenvalue weighted by atomic mass is 35.5. The van der Waals surface area contributed by atoms with Crippen molar-refractivity contribution in [2.24, 2.45) is 0 Å². The van der Waals surface area contributed by atoms with Gasteiger partial charge in [0.25, 0.3) is 0 Å². The zero-order chi connectivity index (χ0) is 21.7. The monoisotopic (exact) mass is 438 g/mol. The van der Waals surface area contributed by atoms with Crippen LogP contribution in [0.5, 0.6) is 0 Å². The Labute approximate surface area is 182 Å². The van der Waals surface area contributed by atoms with Gasteiger partial charge in [-0.15, -0.1) is 0 Å². The van der Waals surface area contributed by atoms with E-state index < -0.39 is 5.97 Å². The molecule has 1 N–H and O–H groups in total. The van der Waals surface area contributed by atoms with Crippen LogP contribution >= 0.6 is 11.6 Å². The smallest absolute Gasteiger partial charge is 0.307 e. The van der Waals surface area contributed by atoms with Gasteiger partial charge < -0.3 is 14.4 Å². The number of fused-ring (bicyclic) bond motifs is 4. The SMILES string of the molecule is CN(c1cnc2cc(F)ccc2n1)C1CCc2c(CC(=O)O)c3ccc(Cl)cn3c2C1. The third-order valence-electron chi connectivity index (χ3n) is 6.11. The molecule has 0 bridgehead atoms. The van der Waals surface area contributed by atoms with E-state index in [9.17, 15) is 14.3 Å². The normalized spacial score (nSPS) is 15.9. The van der Waals surface area contributed by atoms with Crippen molar-refractivity contribution in [3.05, 3.63) is 70.4 Å². The first-order valence-corrected chi connectivity index (χ1v) is 10.5. The molecule has 1 unspecified atom stereocenters. The number of benzene rings is 1. The molecule has 1 aliphatic carbocycles. The van der Waals surface area contributed by atoms with E-state index >= 15 is 0 Å². The van der Waals surface area contributed by atoms with Gasteiger partial charge in [-0.1, -0.05) is 11.6 Å². The second kappa shape index (κ2) is 7.50. The predicted molar refractivity (Wildman–Crippen MR) is 117 cm³/mol. The maximum Gasteiger partial charge on any atom is 0.307 e. The fourth-order valence-electron chi connectivity index (χ4n) is 4.58. The molecule has 0 amide bonds. The summed E-state index contributed by atoms with van der Waals surface area (Å²) in [5, 5.41) is 10.0. The average molecular weight is 439 g/mol. The van der Waals surface area contributed by atoms with Crippen molar-refractivity contribution in [3.63, 3.8) is 0 Å². The van der Waals surface area contributed by atoms with E-state index in [1.54, 1.807) is 18.3 Å². The molecule has 0 aliphatic heterocycles. The van der Waals surface area contributed by atoms with E-state index in [2.05, 4.69) is 14.9 Å². The lowest BCUT2D eigenvalue weighted by molar-refractivity contribution is -0.136. The van der Waals surface area contributed by atoms with Crippen LogP contribution < -0.4 is 4.90 Å². The van der Waals surface area contributed by atoms with Crippen LogP contribution in [0.1, 0.15) is 23.2 Å². The van der Waals surface area contributed by atoms with Gasteiger partial charge in [0.15, 0.2) is 0 Å². The van der Waals surface area contributed by atoms with Gasteiger partial charge in [-0.05, 0) is 48.2 Å². The number of nitrogens with zero attached hydrogens (tertiary/aromatic N) is 4. The summed E-state index contributed by atoms with van der Waals surface area (Å²) in [5.41, 5.74) is 5.13. The maximum atomic E-state index is 13.4. The van der Waals surface area contributed by atoms with Crippen molar-refractivity contribution in [2.75, 3.05) is 11.9 Å². The molecule has 4 aromatic rings. The summed E-state index contributed by atoms with van der Waals surface area (Å²) in [6.07, 6.45) is 5.89.